The van der Waals surface area contributed by atoms with E-state index in [-0.39, 0.29) is 12.3 Å². The molecule has 2 rings (SSSR count). The number of para-hydroxylation sites is 1. The highest BCUT2D eigenvalue weighted by Gasteiger charge is 2.16. The van der Waals surface area contributed by atoms with Crippen LogP contribution in [0.3, 0.4) is 0 Å². The zero-order chi connectivity index (χ0) is 17.5. The molecule has 126 valence electrons. The summed E-state index contributed by atoms with van der Waals surface area (Å²) < 4.78 is 10.7. The predicted molar refractivity (Wildman–Crippen MR) is 93.3 cm³/mol. The van der Waals surface area contributed by atoms with Gasteiger partial charge >= 0.3 is 5.97 Å². The van der Waals surface area contributed by atoms with Crippen molar-refractivity contribution in [3.05, 3.63) is 65.9 Å². The van der Waals surface area contributed by atoms with Crippen molar-refractivity contribution in [1.82, 2.24) is 0 Å². The highest BCUT2D eigenvalue weighted by atomic mass is 16.5. The van der Waals surface area contributed by atoms with Crippen LogP contribution in [-0.4, -0.2) is 31.8 Å². The molecule has 0 atom stereocenters. The van der Waals surface area contributed by atoms with Gasteiger partial charge in [0.1, 0.15) is 17.2 Å². The summed E-state index contributed by atoms with van der Waals surface area (Å²) in [6.07, 6.45) is 1.40. The van der Waals surface area contributed by atoms with Gasteiger partial charge in [-0.15, -0.1) is 0 Å². The number of esters is 1. The van der Waals surface area contributed by atoms with Crippen molar-refractivity contribution in [1.29, 1.82) is 0 Å². The monoisotopic (exact) mass is 327 g/mol. The van der Waals surface area contributed by atoms with Gasteiger partial charge in [-0.2, -0.15) is 0 Å². The fourth-order valence-electron chi connectivity index (χ4n) is 2.24. The molecule has 0 spiro atoms. The van der Waals surface area contributed by atoms with Gasteiger partial charge in [-0.1, -0.05) is 24.3 Å². The van der Waals surface area contributed by atoms with Crippen LogP contribution in [0.5, 0.6) is 11.5 Å². The number of carbonyl (C=O) groups is 1. The van der Waals surface area contributed by atoms with Gasteiger partial charge in [-0.25, -0.2) is 4.79 Å². The van der Waals surface area contributed by atoms with Crippen LogP contribution < -0.4 is 9.64 Å². The number of nitrogens with zero attached hydrogens (tertiary/aromatic N) is 1. The Balaban J connectivity index is 2.28. The highest BCUT2D eigenvalue weighted by Crippen LogP contribution is 2.28. The fourth-order valence-corrected chi connectivity index (χ4v) is 2.24. The summed E-state index contributed by atoms with van der Waals surface area (Å²) in [7, 11) is 3.03. The SMILES string of the molecule is COC(=O)/C(=C/CO)N(C)c1cccc(Oc2ccccc2C)c1. The number of carbonyl (C=O) groups excluding carboxylic acids is 1. The van der Waals surface area contributed by atoms with E-state index >= 15 is 0 Å². The first-order chi connectivity index (χ1) is 11.6. The van der Waals surface area contributed by atoms with Crippen molar-refractivity contribution < 1.29 is 19.4 Å². The fraction of sp³-hybridized carbons (Fsp3) is 0.211. The van der Waals surface area contributed by atoms with Crippen molar-refractivity contribution in [2.24, 2.45) is 0 Å². The van der Waals surface area contributed by atoms with Crippen LogP contribution in [0.2, 0.25) is 0 Å². The molecule has 0 amide bonds. The second kappa shape index (κ2) is 8.17. The van der Waals surface area contributed by atoms with Gasteiger partial charge in [-0.3, -0.25) is 0 Å². The molecule has 0 unspecified atom stereocenters. The molecule has 0 aliphatic rings. The molecule has 1 N–H and O–H groups in total. The lowest BCUT2D eigenvalue weighted by molar-refractivity contribution is -0.136. The Hall–Kier alpha value is -2.79. The van der Waals surface area contributed by atoms with Crippen molar-refractivity contribution in [2.45, 2.75) is 6.92 Å². The molecular weight excluding hydrogens is 306 g/mol. The summed E-state index contributed by atoms with van der Waals surface area (Å²) in [5.74, 6) is 0.912. The lowest BCUT2D eigenvalue weighted by Gasteiger charge is -2.21. The summed E-state index contributed by atoms with van der Waals surface area (Å²) >= 11 is 0. The number of likely N-dealkylation sites (N-methyl/N-ethyl adjacent to an activating group) is 1. The van der Waals surface area contributed by atoms with E-state index in [0.29, 0.717) is 5.75 Å². The molecule has 24 heavy (non-hydrogen) atoms. The van der Waals surface area contributed by atoms with Crippen molar-refractivity contribution in [2.75, 3.05) is 25.7 Å². The second-order valence-corrected chi connectivity index (χ2v) is 5.19. The molecule has 0 radical (unpaired) electrons. The zero-order valence-electron chi connectivity index (χ0n) is 14.0. The van der Waals surface area contributed by atoms with E-state index in [1.54, 1.807) is 11.9 Å². The molecular formula is C19H21NO4. The Morgan fingerprint density at radius 2 is 1.96 bits per heavy atom. The number of rotatable bonds is 6. The molecule has 0 aliphatic heterocycles. The summed E-state index contributed by atoms with van der Waals surface area (Å²) in [5.41, 5.74) is 2.03. The predicted octanol–water partition coefficient (Wildman–Crippen LogP) is 3.27. The normalized spacial score (nSPS) is 11.1. The highest BCUT2D eigenvalue weighted by molar-refractivity contribution is 5.92. The first-order valence-electron chi connectivity index (χ1n) is 7.53. The number of aryl methyl sites for hydroxylation is 1. The molecule has 0 fully saturated rings. The number of aliphatic hydroxyl groups excluding tert-OH is 1. The number of aliphatic hydroxyl groups is 1. The van der Waals surface area contributed by atoms with E-state index in [9.17, 15) is 4.79 Å². The van der Waals surface area contributed by atoms with Crippen LogP contribution in [-0.2, 0) is 9.53 Å². The Morgan fingerprint density at radius 1 is 1.21 bits per heavy atom. The van der Waals surface area contributed by atoms with Gasteiger partial charge in [0.2, 0.25) is 0 Å². The minimum absolute atomic E-state index is 0.256. The molecule has 0 heterocycles. The third kappa shape index (κ3) is 4.14. The van der Waals surface area contributed by atoms with Crippen LogP contribution in [0.25, 0.3) is 0 Å². The standard InChI is InChI=1S/C19H21NO4/c1-14-7-4-5-10-18(14)24-16-9-6-8-15(13-16)20(2)17(11-12-21)19(22)23-3/h4-11,13,21H,12H2,1-3H3/b17-11-. The van der Waals surface area contributed by atoms with Gasteiger partial charge < -0.3 is 19.5 Å². The van der Waals surface area contributed by atoms with Gasteiger partial charge in [0.05, 0.1) is 13.7 Å². The zero-order valence-corrected chi connectivity index (χ0v) is 14.0. The minimum atomic E-state index is -0.517. The topological polar surface area (TPSA) is 59.0 Å². The van der Waals surface area contributed by atoms with Gasteiger partial charge in [-0.05, 0) is 36.8 Å². The average molecular weight is 327 g/mol. The molecule has 2 aromatic carbocycles. The van der Waals surface area contributed by atoms with Crippen LogP contribution in [0.4, 0.5) is 5.69 Å². The number of anilines is 1. The summed E-state index contributed by atoms with van der Waals surface area (Å²) in [5, 5.41) is 9.12. The van der Waals surface area contributed by atoms with E-state index in [0.717, 1.165) is 17.0 Å². The first-order valence-corrected chi connectivity index (χ1v) is 7.53. The molecule has 0 bridgehead atoms. The van der Waals surface area contributed by atoms with Crippen LogP contribution in [0.1, 0.15) is 5.56 Å². The van der Waals surface area contributed by atoms with E-state index in [1.165, 1.54) is 13.2 Å². The molecule has 0 aromatic heterocycles. The molecule has 2 aromatic rings. The Morgan fingerprint density at radius 3 is 2.62 bits per heavy atom. The summed E-state index contributed by atoms with van der Waals surface area (Å²) in [4.78, 5) is 13.5. The maximum Gasteiger partial charge on any atom is 0.354 e. The van der Waals surface area contributed by atoms with Crippen LogP contribution in [0.15, 0.2) is 60.3 Å². The smallest absolute Gasteiger partial charge is 0.354 e. The molecule has 5 heteroatoms. The second-order valence-electron chi connectivity index (χ2n) is 5.19. The van der Waals surface area contributed by atoms with Gasteiger partial charge in [0, 0.05) is 18.8 Å². The number of methoxy groups -OCH3 is 1. The van der Waals surface area contributed by atoms with E-state index in [4.69, 9.17) is 14.6 Å². The molecule has 5 nitrogen and oxygen atoms in total. The third-order valence-electron chi connectivity index (χ3n) is 3.57. The van der Waals surface area contributed by atoms with E-state index in [2.05, 4.69) is 0 Å². The quantitative estimate of drug-likeness (QED) is 0.652. The Bertz CT molecular complexity index is 740. The Kier molecular flexibility index (Phi) is 5.98. The summed E-state index contributed by atoms with van der Waals surface area (Å²) in [6, 6.07) is 15.1. The van der Waals surface area contributed by atoms with Crippen LogP contribution in [0, 0.1) is 6.92 Å². The lowest BCUT2D eigenvalue weighted by atomic mass is 10.2. The van der Waals surface area contributed by atoms with Crippen molar-refractivity contribution in [3.8, 4) is 11.5 Å². The average Bonchev–Trinajstić information content (AvgIpc) is 2.60. The first kappa shape index (κ1) is 17.6. The maximum absolute atomic E-state index is 11.9. The molecule has 0 aliphatic carbocycles. The number of benzene rings is 2. The van der Waals surface area contributed by atoms with Gasteiger partial charge in [0.25, 0.3) is 0 Å². The van der Waals surface area contributed by atoms with Crippen LogP contribution >= 0.6 is 0 Å². The van der Waals surface area contributed by atoms with Crippen molar-refractivity contribution >= 4 is 11.7 Å². The Labute approximate surface area is 141 Å². The molecule has 0 saturated heterocycles. The maximum atomic E-state index is 11.9. The van der Waals surface area contributed by atoms with E-state index < -0.39 is 5.97 Å². The third-order valence-corrected chi connectivity index (χ3v) is 3.57. The molecule has 0 saturated carbocycles. The summed E-state index contributed by atoms with van der Waals surface area (Å²) in [6.45, 7) is 1.72. The number of hydrogen-bond acceptors (Lipinski definition) is 5. The largest absolute Gasteiger partial charge is 0.464 e. The number of ether oxygens (including phenoxy) is 2. The van der Waals surface area contributed by atoms with E-state index in [1.807, 2.05) is 55.5 Å². The lowest BCUT2D eigenvalue weighted by Crippen LogP contribution is -2.24. The van der Waals surface area contributed by atoms with Gasteiger partial charge in [0.15, 0.2) is 0 Å². The van der Waals surface area contributed by atoms with Crippen molar-refractivity contribution in [3.63, 3.8) is 0 Å². The minimum Gasteiger partial charge on any atom is -0.464 e. The number of hydrogen-bond donors (Lipinski definition) is 1.